The lowest BCUT2D eigenvalue weighted by Gasteiger charge is -2.30. The molecule has 8 nitrogen and oxygen atoms in total. The minimum atomic E-state index is -4.85. The number of aromatic nitrogens is 3. The van der Waals surface area contributed by atoms with Crippen LogP contribution in [0.4, 0.5) is 33.8 Å². The summed E-state index contributed by atoms with van der Waals surface area (Å²) in [7, 11) is -4.10. The van der Waals surface area contributed by atoms with Gasteiger partial charge in [0.05, 0.1) is 21.2 Å². The number of halogens is 6. The summed E-state index contributed by atoms with van der Waals surface area (Å²) in [6.45, 7) is -0.725. The molecule has 15 heteroatoms. The Labute approximate surface area is 201 Å². The Balaban J connectivity index is 1.73. The number of nitrogens with zero attached hydrogens (tertiary/aromatic N) is 4. The number of nitrogens with two attached hydrogens (primary N) is 2. The standard InChI is InChI=1S/C20H18ClF5N6O2S/c21-15-10-12(32-18(28)29-17(27)30-32)9-14(20(24,25)26)16(15)11-1-3-13(4-2-11)35(33,34)31-7-5-19(22,23)6-8-31/h1-4,9-10H,5-8H2,(H4,27,28,29,30). The molecule has 188 valence electrons. The third kappa shape index (κ3) is 4.90. The van der Waals surface area contributed by atoms with Crippen molar-refractivity contribution in [1.82, 2.24) is 19.1 Å². The monoisotopic (exact) mass is 536 g/mol. The quantitative estimate of drug-likeness (QED) is 0.482. The summed E-state index contributed by atoms with van der Waals surface area (Å²) in [4.78, 5) is 3.41. The Morgan fingerprint density at radius 3 is 2.14 bits per heavy atom. The van der Waals surface area contributed by atoms with Crippen LogP contribution in [-0.2, 0) is 16.2 Å². The zero-order valence-electron chi connectivity index (χ0n) is 17.7. The van der Waals surface area contributed by atoms with E-state index in [1.807, 2.05) is 0 Å². The molecule has 4 N–H and O–H groups in total. The number of alkyl halides is 5. The van der Waals surface area contributed by atoms with Gasteiger partial charge in [0.15, 0.2) is 0 Å². The fourth-order valence-electron chi connectivity index (χ4n) is 3.76. The van der Waals surface area contributed by atoms with E-state index in [4.69, 9.17) is 23.1 Å². The van der Waals surface area contributed by atoms with Crippen molar-refractivity contribution in [1.29, 1.82) is 0 Å². The van der Waals surface area contributed by atoms with Gasteiger partial charge in [-0.1, -0.05) is 23.7 Å². The minimum Gasteiger partial charge on any atom is -0.368 e. The van der Waals surface area contributed by atoms with E-state index in [0.29, 0.717) is 0 Å². The summed E-state index contributed by atoms with van der Waals surface area (Å²) in [6.07, 6.45) is -6.06. The fraction of sp³-hybridized carbons (Fsp3) is 0.300. The molecule has 0 amide bonds. The molecular weight excluding hydrogens is 519 g/mol. The van der Waals surface area contributed by atoms with Gasteiger partial charge in [0.2, 0.25) is 21.9 Å². The molecule has 35 heavy (non-hydrogen) atoms. The van der Waals surface area contributed by atoms with Crippen LogP contribution in [0.15, 0.2) is 41.3 Å². The lowest BCUT2D eigenvalue weighted by atomic mass is 9.98. The van der Waals surface area contributed by atoms with E-state index in [0.717, 1.165) is 27.2 Å². The number of anilines is 2. The van der Waals surface area contributed by atoms with E-state index >= 15 is 0 Å². The Kier molecular flexibility index (Phi) is 6.18. The average molecular weight is 537 g/mol. The molecule has 1 fully saturated rings. The largest absolute Gasteiger partial charge is 0.417 e. The van der Waals surface area contributed by atoms with Crippen molar-refractivity contribution in [3.63, 3.8) is 0 Å². The van der Waals surface area contributed by atoms with Crippen LogP contribution in [0.5, 0.6) is 0 Å². The second-order valence-corrected chi connectivity index (χ2v) is 10.2. The highest BCUT2D eigenvalue weighted by molar-refractivity contribution is 7.89. The van der Waals surface area contributed by atoms with Crippen LogP contribution in [0.25, 0.3) is 16.8 Å². The van der Waals surface area contributed by atoms with E-state index in [1.54, 1.807) is 0 Å². The second kappa shape index (κ2) is 8.60. The summed E-state index contributed by atoms with van der Waals surface area (Å²) in [6, 6.07) is 6.52. The van der Waals surface area contributed by atoms with E-state index in [2.05, 4.69) is 10.1 Å². The van der Waals surface area contributed by atoms with E-state index in [-0.39, 0.29) is 46.2 Å². The smallest absolute Gasteiger partial charge is 0.368 e. The van der Waals surface area contributed by atoms with Crippen molar-refractivity contribution < 1.29 is 30.4 Å². The summed E-state index contributed by atoms with van der Waals surface area (Å²) < 4.78 is 96.1. The van der Waals surface area contributed by atoms with Gasteiger partial charge in [0, 0.05) is 31.5 Å². The summed E-state index contributed by atoms with van der Waals surface area (Å²) in [5.74, 6) is -3.43. The third-order valence-corrected chi connectivity index (χ3v) is 7.72. The number of rotatable bonds is 4. The molecule has 0 atom stereocenters. The van der Waals surface area contributed by atoms with Crippen molar-refractivity contribution in [2.24, 2.45) is 0 Å². The molecule has 3 aromatic rings. The van der Waals surface area contributed by atoms with Gasteiger partial charge in [-0.3, -0.25) is 0 Å². The molecule has 0 unspecified atom stereocenters. The first-order valence-corrected chi connectivity index (χ1v) is 11.9. The Hall–Kier alpha value is -2.97. The molecule has 1 aliphatic rings. The van der Waals surface area contributed by atoms with Crippen molar-refractivity contribution in [2.75, 3.05) is 24.6 Å². The van der Waals surface area contributed by atoms with E-state index in [1.165, 1.54) is 18.2 Å². The number of piperidine rings is 1. The van der Waals surface area contributed by atoms with Gasteiger partial charge in [-0.15, -0.1) is 5.10 Å². The molecule has 0 saturated carbocycles. The number of nitrogen functional groups attached to an aromatic ring is 2. The maximum Gasteiger partial charge on any atom is 0.417 e. The fourth-order valence-corrected chi connectivity index (χ4v) is 5.52. The maximum atomic E-state index is 14.0. The van der Waals surface area contributed by atoms with Gasteiger partial charge in [-0.25, -0.2) is 17.2 Å². The molecule has 1 aliphatic heterocycles. The second-order valence-electron chi connectivity index (χ2n) is 7.87. The minimum absolute atomic E-state index is 0.0101. The number of hydrogen-bond donors (Lipinski definition) is 2. The molecule has 0 aliphatic carbocycles. The van der Waals surface area contributed by atoms with Crippen molar-refractivity contribution in [2.45, 2.75) is 29.8 Å². The molecule has 2 aromatic carbocycles. The number of benzene rings is 2. The van der Waals surface area contributed by atoms with Crippen LogP contribution in [0, 0.1) is 0 Å². The van der Waals surface area contributed by atoms with Crippen molar-refractivity contribution >= 4 is 33.5 Å². The first-order valence-electron chi connectivity index (χ1n) is 10.1. The molecule has 1 saturated heterocycles. The van der Waals surface area contributed by atoms with Gasteiger partial charge in [-0.2, -0.15) is 27.1 Å². The molecule has 0 bridgehead atoms. The summed E-state index contributed by atoms with van der Waals surface area (Å²) in [5.41, 5.74) is 9.44. The molecule has 0 spiro atoms. The molecule has 4 rings (SSSR count). The van der Waals surface area contributed by atoms with Crippen molar-refractivity contribution in [3.8, 4) is 16.8 Å². The highest BCUT2D eigenvalue weighted by Gasteiger charge is 2.39. The van der Waals surface area contributed by atoms with Crippen LogP contribution < -0.4 is 11.5 Å². The molecule has 0 radical (unpaired) electrons. The predicted octanol–water partition coefficient (Wildman–Crippen LogP) is 4.19. The third-order valence-electron chi connectivity index (χ3n) is 5.51. The highest BCUT2D eigenvalue weighted by atomic mass is 35.5. The van der Waals surface area contributed by atoms with Gasteiger partial charge in [-0.05, 0) is 29.8 Å². The van der Waals surface area contributed by atoms with Crippen LogP contribution in [0.3, 0.4) is 0 Å². The highest BCUT2D eigenvalue weighted by Crippen LogP contribution is 2.43. The zero-order valence-corrected chi connectivity index (χ0v) is 19.3. The number of hydrogen-bond acceptors (Lipinski definition) is 6. The molecule has 1 aromatic heterocycles. The van der Waals surface area contributed by atoms with Crippen LogP contribution >= 0.6 is 11.6 Å². The first-order chi connectivity index (χ1) is 16.2. The van der Waals surface area contributed by atoms with Crippen LogP contribution in [0.1, 0.15) is 18.4 Å². The van der Waals surface area contributed by atoms with Gasteiger partial charge >= 0.3 is 6.18 Å². The lowest BCUT2D eigenvalue weighted by molar-refractivity contribution is -0.137. The average Bonchev–Trinajstić information content (AvgIpc) is 3.10. The Bertz CT molecular complexity index is 1370. The van der Waals surface area contributed by atoms with Gasteiger partial charge in [0.25, 0.3) is 5.92 Å². The van der Waals surface area contributed by atoms with E-state index in [9.17, 15) is 30.4 Å². The van der Waals surface area contributed by atoms with Gasteiger partial charge < -0.3 is 11.5 Å². The maximum absolute atomic E-state index is 14.0. The van der Waals surface area contributed by atoms with E-state index < -0.39 is 46.1 Å². The lowest BCUT2D eigenvalue weighted by Crippen LogP contribution is -2.42. The Morgan fingerprint density at radius 1 is 1.03 bits per heavy atom. The predicted molar refractivity (Wildman–Crippen MR) is 119 cm³/mol. The topological polar surface area (TPSA) is 120 Å². The Morgan fingerprint density at radius 2 is 1.63 bits per heavy atom. The normalized spacial score (nSPS) is 17.0. The SMILES string of the molecule is Nc1nc(N)n(-c2cc(Cl)c(-c3ccc(S(=O)(=O)N4CCC(F)(F)CC4)cc3)c(C(F)(F)F)c2)n1. The van der Waals surface area contributed by atoms with Gasteiger partial charge in [0.1, 0.15) is 0 Å². The first kappa shape index (κ1) is 25.1. The van der Waals surface area contributed by atoms with Crippen LogP contribution in [0.2, 0.25) is 5.02 Å². The zero-order chi connectivity index (χ0) is 25.8. The van der Waals surface area contributed by atoms with Crippen LogP contribution in [-0.4, -0.2) is 46.5 Å². The van der Waals surface area contributed by atoms with Crippen molar-refractivity contribution in [3.05, 3.63) is 47.0 Å². The number of sulfonamides is 1. The molecular formula is C20H18ClF5N6O2S. The summed E-state index contributed by atoms with van der Waals surface area (Å²) >= 11 is 6.23. The molecule has 2 heterocycles. The summed E-state index contributed by atoms with van der Waals surface area (Å²) in [5, 5.41) is 3.45.